The average Bonchev–Trinajstić information content (AvgIpc) is 3.02. The maximum atomic E-state index is 12.8. The highest BCUT2D eigenvalue weighted by Crippen LogP contribution is 2.26. The molecule has 0 atom stereocenters. The number of aromatic nitrogens is 2. The van der Waals surface area contributed by atoms with Crippen LogP contribution in [0.5, 0.6) is 0 Å². The third-order valence-corrected chi connectivity index (χ3v) is 5.73. The molecule has 7 nitrogen and oxygen atoms in total. The van der Waals surface area contributed by atoms with Crippen molar-refractivity contribution in [2.24, 2.45) is 0 Å². The molecule has 1 saturated carbocycles. The van der Waals surface area contributed by atoms with Gasteiger partial charge in [-0.25, -0.2) is 4.68 Å². The molecule has 1 aromatic heterocycles. The fourth-order valence-corrected chi connectivity index (χ4v) is 4.11. The van der Waals surface area contributed by atoms with Crippen molar-refractivity contribution in [3.63, 3.8) is 0 Å². The van der Waals surface area contributed by atoms with Gasteiger partial charge in [-0.1, -0.05) is 43.9 Å². The number of nitro groups is 1. The zero-order chi connectivity index (χ0) is 21.6. The van der Waals surface area contributed by atoms with Crippen molar-refractivity contribution in [2.45, 2.75) is 51.0 Å². The molecule has 31 heavy (non-hydrogen) atoms. The van der Waals surface area contributed by atoms with Crippen molar-refractivity contribution in [3.8, 4) is 16.9 Å². The highest BCUT2D eigenvalue weighted by Gasteiger charge is 2.19. The van der Waals surface area contributed by atoms with E-state index in [0.29, 0.717) is 5.69 Å². The first-order valence-electron chi connectivity index (χ1n) is 10.8. The molecule has 1 fully saturated rings. The fourth-order valence-electron chi connectivity index (χ4n) is 4.11. The number of carbonyl (C=O) groups is 1. The first-order valence-corrected chi connectivity index (χ1v) is 10.8. The second-order valence-electron chi connectivity index (χ2n) is 8.02. The Labute approximate surface area is 181 Å². The molecule has 0 bridgehead atoms. The molecule has 2 aromatic carbocycles. The summed E-state index contributed by atoms with van der Waals surface area (Å²) < 4.78 is 1.75. The largest absolute Gasteiger partial charge is 0.353 e. The zero-order valence-corrected chi connectivity index (χ0v) is 17.4. The van der Waals surface area contributed by atoms with E-state index in [1.165, 1.54) is 25.0 Å². The van der Waals surface area contributed by atoms with Gasteiger partial charge in [0.1, 0.15) is 0 Å². The minimum atomic E-state index is -0.423. The number of benzene rings is 2. The van der Waals surface area contributed by atoms with Gasteiger partial charge in [0.25, 0.3) is 5.69 Å². The summed E-state index contributed by atoms with van der Waals surface area (Å²) in [5.74, 6) is -0.0114. The topological polar surface area (TPSA) is 90.1 Å². The SMILES string of the molecule is O=C(Cc1cn(-c2ccccc2)nc1-c1ccc([N+](=O)[O-])cc1)NC1CCCCCC1. The molecule has 1 N–H and O–H groups in total. The Morgan fingerprint density at radius 2 is 1.71 bits per heavy atom. The summed E-state index contributed by atoms with van der Waals surface area (Å²) in [7, 11) is 0. The first-order chi connectivity index (χ1) is 15.1. The van der Waals surface area contributed by atoms with Crippen molar-refractivity contribution < 1.29 is 9.72 Å². The Hall–Kier alpha value is -3.48. The minimum absolute atomic E-state index is 0.0114. The number of nitrogens with zero attached hydrogens (tertiary/aromatic N) is 3. The Morgan fingerprint density at radius 1 is 1.03 bits per heavy atom. The van der Waals surface area contributed by atoms with Gasteiger partial charge in [-0.15, -0.1) is 0 Å². The third kappa shape index (κ3) is 5.17. The van der Waals surface area contributed by atoms with Gasteiger partial charge in [0.2, 0.25) is 5.91 Å². The van der Waals surface area contributed by atoms with Gasteiger partial charge in [0.15, 0.2) is 0 Å². The molecule has 7 heteroatoms. The summed E-state index contributed by atoms with van der Waals surface area (Å²) in [4.78, 5) is 23.4. The Kier molecular flexibility index (Phi) is 6.40. The van der Waals surface area contributed by atoms with Crippen LogP contribution in [0.2, 0.25) is 0 Å². The lowest BCUT2D eigenvalue weighted by atomic mass is 10.0. The second kappa shape index (κ2) is 9.55. The van der Waals surface area contributed by atoms with Crippen LogP contribution in [0.1, 0.15) is 44.1 Å². The van der Waals surface area contributed by atoms with Crippen LogP contribution in [0, 0.1) is 10.1 Å². The third-order valence-electron chi connectivity index (χ3n) is 5.73. The lowest BCUT2D eigenvalue weighted by Crippen LogP contribution is -2.35. The van der Waals surface area contributed by atoms with Crippen LogP contribution in [-0.4, -0.2) is 26.7 Å². The molecule has 1 aliphatic carbocycles. The number of rotatable bonds is 6. The molecule has 4 rings (SSSR count). The molecule has 1 amide bonds. The van der Waals surface area contributed by atoms with Crippen LogP contribution < -0.4 is 5.32 Å². The number of carbonyl (C=O) groups excluding carboxylic acids is 1. The van der Waals surface area contributed by atoms with Gasteiger partial charge in [0.05, 0.1) is 22.7 Å². The van der Waals surface area contributed by atoms with E-state index < -0.39 is 4.92 Å². The molecule has 0 aliphatic heterocycles. The summed E-state index contributed by atoms with van der Waals surface area (Å²) in [5.41, 5.74) is 3.12. The number of hydrogen-bond acceptors (Lipinski definition) is 4. The van der Waals surface area contributed by atoms with Crippen LogP contribution in [0.4, 0.5) is 5.69 Å². The average molecular weight is 418 g/mol. The molecule has 0 radical (unpaired) electrons. The predicted molar refractivity (Wildman–Crippen MR) is 119 cm³/mol. The molecule has 0 saturated heterocycles. The van der Waals surface area contributed by atoms with Crippen LogP contribution in [-0.2, 0) is 11.2 Å². The number of amides is 1. The van der Waals surface area contributed by atoms with Crippen molar-refractivity contribution in [1.29, 1.82) is 0 Å². The highest BCUT2D eigenvalue weighted by molar-refractivity contribution is 5.81. The van der Waals surface area contributed by atoms with E-state index in [0.717, 1.165) is 42.5 Å². The number of nitro benzene ring substituents is 1. The van der Waals surface area contributed by atoms with Crippen molar-refractivity contribution in [1.82, 2.24) is 15.1 Å². The van der Waals surface area contributed by atoms with Crippen molar-refractivity contribution in [3.05, 3.63) is 76.5 Å². The monoisotopic (exact) mass is 418 g/mol. The zero-order valence-electron chi connectivity index (χ0n) is 17.4. The van der Waals surface area contributed by atoms with Gasteiger partial charge in [-0.05, 0) is 37.1 Å². The highest BCUT2D eigenvalue weighted by atomic mass is 16.6. The Bertz CT molecular complexity index is 1040. The lowest BCUT2D eigenvalue weighted by Gasteiger charge is -2.16. The Morgan fingerprint density at radius 3 is 2.35 bits per heavy atom. The summed E-state index contributed by atoms with van der Waals surface area (Å²) in [6, 6.07) is 16.2. The molecule has 0 unspecified atom stereocenters. The quantitative estimate of drug-likeness (QED) is 0.353. The maximum absolute atomic E-state index is 12.8. The van der Waals surface area contributed by atoms with Gasteiger partial charge in [-0.3, -0.25) is 14.9 Å². The maximum Gasteiger partial charge on any atom is 0.269 e. The van der Waals surface area contributed by atoms with Crippen LogP contribution >= 0.6 is 0 Å². The summed E-state index contributed by atoms with van der Waals surface area (Å²) in [6.45, 7) is 0. The molecule has 3 aromatic rings. The van der Waals surface area contributed by atoms with E-state index in [1.54, 1.807) is 16.8 Å². The molecular formula is C24H26N4O3. The fraction of sp³-hybridized carbons (Fsp3) is 0.333. The van der Waals surface area contributed by atoms with Crippen LogP contribution in [0.25, 0.3) is 16.9 Å². The molecule has 1 heterocycles. The van der Waals surface area contributed by atoms with E-state index in [-0.39, 0.29) is 24.1 Å². The normalized spacial score (nSPS) is 14.7. The number of para-hydroxylation sites is 1. The standard InChI is InChI=1S/C24H26N4O3/c29-23(25-20-8-4-1-2-5-9-20)16-19-17-27(21-10-6-3-7-11-21)26-24(19)18-12-14-22(15-13-18)28(30)31/h3,6-7,10-15,17,20H,1-2,4-5,8-9,16H2,(H,25,29). The molecule has 160 valence electrons. The predicted octanol–water partition coefficient (Wildman–Crippen LogP) is 4.83. The first kappa shape index (κ1) is 20.8. The van der Waals surface area contributed by atoms with E-state index >= 15 is 0 Å². The molecular weight excluding hydrogens is 392 g/mol. The van der Waals surface area contributed by atoms with E-state index in [1.807, 2.05) is 36.5 Å². The summed E-state index contributed by atoms with van der Waals surface area (Å²) in [6.07, 6.45) is 8.94. The number of non-ortho nitro benzene ring substituents is 1. The van der Waals surface area contributed by atoms with Crippen LogP contribution in [0.15, 0.2) is 60.8 Å². The van der Waals surface area contributed by atoms with Crippen molar-refractivity contribution >= 4 is 11.6 Å². The summed E-state index contributed by atoms with van der Waals surface area (Å²) in [5, 5.41) is 18.9. The van der Waals surface area contributed by atoms with Gasteiger partial charge < -0.3 is 5.32 Å². The van der Waals surface area contributed by atoms with Gasteiger partial charge in [0, 0.05) is 35.5 Å². The van der Waals surface area contributed by atoms with E-state index in [9.17, 15) is 14.9 Å². The smallest absolute Gasteiger partial charge is 0.269 e. The Balaban J connectivity index is 1.60. The van der Waals surface area contributed by atoms with E-state index in [2.05, 4.69) is 5.32 Å². The second-order valence-corrected chi connectivity index (χ2v) is 8.02. The summed E-state index contributed by atoms with van der Waals surface area (Å²) >= 11 is 0. The molecule has 0 spiro atoms. The van der Waals surface area contributed by atoms with Crippen molar-refractivity contribution in [2.75, 3.05) is 0 Å². The lowest BCUT2D eigenvalue weighted by molar-refractivity contribution is -0.384. The number of nitrogens with one attached hydrogen (secondary N) is 1. The van der Waals surface area contributed by atoms with Crippen LogP contribution in [0.3, 0.4) is 0 Å². The number of hydrogen-bond donors (Lipinski definition) is 1. The van der Waals surface area contributed by atoms with Gasteiger partial charge in [-0.2, -0.15) is 5.10 Å². The molecule has 1 aliphatic rings. The van der Waals surface area contributed by atoms with Gasteiger partial charge >= 0.3 is 0 Å². The minimum Gasteiger partial charge on any atom is -0.353 e. The van der Waals surface area contributed by atoms with E-state index in [4.69, 9.17) is 5.10 Å².